The van der Waals surface area contributed by atoms with Crippen LogP contribution in [0.2, 0.25) is 0 Å². The van der Waals surface area contributed by atoms with Gasteiger partial charge in [-0.25, -0.2) is 0 Å². The van der Waals surface area contributed by atoms with Crippen LogP contribution in [0.1, 0.15) is 32.8 Å². The maximum atomic E-state index is 9.18. The molecule has 114 valence electrons. The van der Waals surface area contributed by atoms with Gasteiger partial charge in [0.05, 0.1) is 14.2 Å². The Labute approximate surface area is 122 Å². The summed E-state index contributed by atoms with van der Waals surface area (Å²) in [7, 11) is 3.30. The molecule has 0 aromatic heterocycles. The van der Waals surface area contributed by atoms with Crippen LogP contribution in [0, 0.1) is 5.41 Å². The molecule has 0 aliphatic rings. The average molecular weight is 281 g/mol. The van der Waals surface area contributed by atoms with Gasteiger partial charge < -0.3 is 19.9 Å². The maximum absolute atomic E-state index is 9.18. The second-order valence-corrected chi connectivity index (χ2v) is 6.03. The highest BCUT2D eigenvalue weighted by Crippen LogP contribution is 2.25. The molecule has 4 heteroatoms. The van der Waals surface area contributed by atoms with Gasteiger partial charge >= 0.3 is 0 Å². The van der Waals surface area contributed by atoms with E-state index in [9.17, 15) is 5.11 Å². The van der Waals surface area contributed by atoms with Gasteiger partial charge in [0.1, 0.15) is 11.5 Å². The minimum Gasteiger partial charge on any atom is -0.497 e. The Morgan fingerprint density at radius 2 is 1.65 bits per heavy atom. The van der Waals surface area contributed by atoms with Gasteiger partial charge in [-0.05, 0) is 29.5 Å². The third kappa shape index (κ3) is 5.02. The smallest absolute Gasteiger partial charge is 0.122 e. The molecular formula is C16H27NO3. The number of aliphatic hydroxyl groups excluding tert-OH is 1. The van der Waals surface area contributed by atoms with E-state index in [-0.39, 0.29) is 18.1 Å². The van der Waals surface area contributed by atoms with Crippen molar-refractivity contribution in [2.45, 2.75) is 39.8 Å². The van der Waals surface area contributed by atoms with E-state index < -0.39 is 0 Å². The van der Waals surface area contributed by atoms with Crippen molar-refractivity contribution in [3.05, 3.63) is 23.8 Å². The molecule has 1 atom stereocenters. The number of nitrogens with one attached hydrogen (secondary N) is 1. The highest BCUT2D eigenvalue weighted by Gasteiger charge is 2.23. The highest BCUT2D eigenvalue weighted by molar-refractivity contribution is 5.38. The molecule has 20 heavy (non-hydrogen) atoms. The second-order valence-electron chi connectivity index (χ2n) is 6.03. The summed E-state index contributed by atoms with van der Waals surface area (Å²) in [6.07, 6.45) is 0.741. The molecule has 0 saturated carbocycles. The molecule has 0 radical (unpaired) electrons. The molecule has 0 bridgehead atoms. The molecule has 0 saturated heterocycles. The van der Waals surface area contributed by atoms with Crippen LogP contribution in [-0.4, -0.2) is 32.0 Å². The van der Waals surface area contributed by atoms with E-state index in [0.29, 0.717) is 0 Å². The van der Waals surface area contributed by atoms with Crippen molar-refractivity contribution in [3.8, 4) is 11.5 Å². The zero-order chi connectivity index (χ0) is 15.2. The zero-order valence-electron chi connectivity index (χ0n) is 13.2. The number of aliphatic hydroxyl groups is 1. The Morgan fingerprint density at radius 3 is 2.05 bits per heavy atom. The van der Waals surface area contributed by atoms with Gasteiger partial charge in [-0.2, -0.15) is 0 Å². The minimum atomic E-state index is 0.103. The number of rotatable bonds is 7. The Bertz CT molecular complexity index is 390. The minimum absolute atomic E-state index is 0.103. The first kappa shape index (κ1) is 16.8. The van der Waals surface area contributed by atoms with E-state index in [1.54, 1.807) is 14.2 Å². The van der Waals surface area contributed by atoms with Crippen molar-refractivity contribution in [1.82, 2.24) is 5.32 Å². The summed E-state index contributed by atoms with van der Waals surface area (Å²) in [4.78, 5) is 0. The van der Waals surface area contributed by atoms with E-state index in [0.717, 1.165) is 30.0 Å². The van der Waals surface area contributed by atoms with Gasteiger partial charge in [-0.15, -0.1) is 0 Å². The van der Waals surface area contributed by atoms with Crippen LogP contribution in [-0.2, 0) is 6.54 Å². The number of hydrogen-bond acceptors (Lipinski definition) is 4. The van der Waals surface area contributed by atoms with Crippen LogP contribution in [0.4, 0.5) is 0 Å². The van der Waals surface area contributed by atoms with Gasteiger partial charge in [-0.3, -0.25) is 0 Å². The van der Waals surface area contributed by atoms with Gasteiger partial charge in [0.25, 0.3) is 0 Å². The molecule has 0 spiro atoms. The summed E-state index contributed by atoms with van der Waals surface area (Å²) < 4.78 is 10.5. The van der Waals surface area contributed by atoms with Crippen molar-refractivity contribution in [3.63, 3.8) is 0 Å². The third-order valence-corrected chi connectivity index (χ3v) is 3.43. The molecule has 2 N–H and O–H groups in total. The lowest BCUT2D eigenvalue weighted by Crippen LogP contribution is -2.40. The van der Waals surface area contributed by atoms with Crippen LogP contribution in [0.3, 0.4) is 0 Å². The summed E-state index contributed by atoms with van der Waals surface area (Å²) in [6.45, 7) is 7.43. The van der Waals surface area contributed by atoms with E-state index in [4.69, 9.17) is 9.47 Å². The summed E-state index contributed by atoms with van der Waals surface area (Å²) in [6, 6.07) is 6.10. The maximum Gasteiger partial charge on any atom is 0.122 e. The number of methoxy groups -OCH3 is 2. The molecule has 0 aliphatic heterocycles. The van der Waals surface area contributed by atoms with Crippen molar-refractivity contribution in [2.75, 3.05) is 20.8 Å². The lowest BCUT2D eigenvalue weighted by molar-refractivity contribution is 0.196. The van der Waals surface area contributed by atoms with Crippen LogP contribution < -0.4 is 14.8 Å². The van der Waals surface area contributed by atoms with Gasteiger partial charge in [0.15, 0.2) is 0 Å². The summed E-state index contributed by atoms with van der Waals surface area (Å²) in [5, 5.41) is 12.7. The quantitative estimate of drug-likeness (QED) is 0.806. The van der Waals surface area contributed by atoms with Crippen molar-refractivity contribution in [1.29, 1.82) is 0 Å². The number of hydrogen-bond donors (Lipinski definition) is 2. The fraction of sp³-hybridized carbons (Fsp3) is 0.625. The lowest BCUT2D eigenvalue weighted by atomic mass is 9.85. The lowest BCUT2D eigenvalue weighted by Gasteiger charge is -2.31. The highest BCUT2D eigenvalue weighted by atomic mass is 16.5. The largest absolute Gasteiger partial charge is 0.497 e. The summed E-state index contributed by atoms with van der Waals surface area (Å²) >= 11 is 0. The molecule has 0 heterocycles. The van der Waals surface area contributed by atoms with Gasteiger partial charge in [0, 0.05) is 25.3 Å². The molecule has 1 aromatic carbocycles. The first-order chi connectivity index (χ1) is 9.40. The van der Waals surface area contributed by atoms with Crippen LogP contribution in [0.15, 0.2) is 18.2 Å². The van der Waals surface area contributed by atoms with Crippen molar-refractivity contribution < 1.29 is 14.6 Å². The molecule has 1 rings (SSSR count). The van der Waals surface area contributed by atoms with Gasteiger partial charge in [-0.1, -0.05) is 20.8 Å². The standard InChI is InChI=1S/C16H27NO3/c1-16(2,3)15(6-7-18)17-11-12-8-13(19-4)10-14(9-12)20-5/h8-10,15,17-18H,6-7,11H2,1-5H3. The topological polar surface area (TPSA) is 50.7 Å². The van der Waals surface area contributed by atoms with Crippen LogP contribution in [0.25, 0.3) is 0 Å². The Hall–Kier alpha value is -1.26. The average Bonchev–Trinajstić information content (AvgIpc) is 2.41. The molecule has 1 unspecified atom stereocenters. The Morgan fingerprint density at radius 1 is 1.10 bits per heavy atom. The SMILES string of the molecule is COc1cc(CNC(CCO)C(C)(C)C)cc(OC)c1. The number of benzene rings is 1. The summed E-state index contributed by atoms with van der Waals surface area (Å²) in [5.41, 5.74) is 1.21. The van der Waals surface area contributed by atoms with E-state index in [1.165, 1.54) is 0 Å². The van der Waals surface area contributed by atoms with E-state index in [1.807, 2.05) is 18.2 Å². The second kappa shape index (κ2) is 7.50. The molecule has 0 fully saturated rings. The monoisotopic (exact) mass is 281 g/mol. The van der Waals surface area contributed by atoms with Crippen molar-refractivity contribution >= 4 is 0 Å². The third-order valence-electron chi connectivity index (χ3n) is 3.43. The van der Waals surface area contributed by atoms with E-state index in [2.05, 4.69) is 26.1 Å². The molecule has 0 aliphatic carbocycles. The normalized spacial score (nSPS) is 13.1. The fourth-order valence-electron chi connectivity index (χ4n) is 2.18. The first-order valence-electron chi connectivity index (χ1n) is 6.97. The Balaban J connectivity index is 2.76. The van der Waals surface area contributed by atoms with Crippen LogP contribution in [0.5, 0.6) is 11.5 Å². The fourth-order valence-corrected chi connectivity index (χ4v) is 2.18. The van der Waals surface area contributed by atoms with Crippen molar-refractivity contribution in [2.24, 2.45) is 5.41 Å². The number of ether oxygens (including phenoxy) is 2. The van der Waals surface area contributed by atoms with Gasteiger partial charge in [0.2, 0.25) is 0 Å². The Kier molecular flexibility index (Phi) is 6.30. The molecule has 4 nitrogen and oxygen atoms in total. The predicted molar refractivity (Wildman–Crippen MR) is 81.3 cm³/mol. The summed E-state index contributed by atoms with van der Waals surface area (Å²) in [5.74, 6) is 1.58. The predicted octanol–water partition coefficient (Wildman–Crippen LogP) is 2.59. The van der Waals surface area contributed by atoms with E-state index >= 15 is 0 Å². The zero-order valence-corrected chi connectivity index (χ0v) is 13.2. The van der Waals surface area contributed by atoms with Crippen LogP contribution >= 0.6 is 0 Å². The molecular weight excluding hydrogens is 254 g/mol. The first-order valence-corrected chi connectivity index (χ1v) is 6.97. The molecule has 1 aromatic rings. The molecule has 0 amide bonds.